The van der Waals surface area contributed by atoms with Gasteiger partial charge in [-0.3, -0.25) is 4.99 Å². The van der Waals surface area contributed by atoms with Crippen LogP contribution in [0.3, 0.4) is 0 Å². The van der Waals surface area contributed by atoms with E-state index in [1.54, 1.807) is 7.05 Å². The second-order valence-corrected chi connectivity index (χ2v) is 6.65. The van der Waals surface area contributed by atoms with Gasteiger partial charge >= 0.3 is 12.4 Å². The molecule has 8 heteroatoms. The van der Waals surface area contributed by atoms with Crippen LogP contribution in [-0.2, 0) is 18.8 Å². The molecule has 1 saturated carbocycles. The van der Waals surface area contributed by atoms with Gasteiger partial charge in [-0.1, -0.05) is 19.3 Å². The second kappa shape index (κ2) is 6.00. The van der Waals surface area contributed by atoms with Crippen LogP contribution in [0.4, 0.5) is 32.0 Å². The lowest BCUT2D eigenvalue weighted by molar-refractivity contribution is -0.143. The van der Waals surface area contributed by atoms with Crippen molar-refractivity contribution in [3.8, 4) is 0 Å². The second-order valence-electron chi connectivity index (χ2n) is 6.65. The minimum Gasteiger partial charge on any atom is -0.309 e. The van der Waals surface area contributed by atoms with Crippen LogP contribution in [0, 0.1) is 0 Å². The predicted molar refractivity (Wildman–Crippen MR) is 82.1 cm³/mol. The number of halogens is 6. The summed E-state index contributed by atoms with van der Waals surface area (Å²) >= 11 is 0. The number of alkyl halides is 6. The Morgan fingerprint density at radius 1 is 0.960 bits per heavy atom. The maximum atomic E-state index is 13.3. The number of hydrogen-bond donors (Lipinski definition) is 1. The molecule has 1 heterocycles. The maximum absolute atomic E-state index is 13.3. The molecule has 1 N–H and O–H groups in total. The lowest BCUT2D eigenvalue weighted by atomic mass is 9.77. The summed E-state index contributed by atoms with van der Waals surface area (Å²) in [6, 6.07) is 0.925. The number of benzene rings is 1. The van der Waals surface area contributed by atoms with Crippen LogP contribution in [0.1, 0.15) is 48.8 Å². The van der Waals surface area contributed by atoms with Crippen LogP contribution in [0.25, 0.3) is 0 Å². The topological polar surface area (TPSA) is 24.4 Å². The van der Waals surface area contributed by atoms with Gasteiger partial charge in [0.05, 0.1) is 22.4 Å². The molecule has 0 saturated heterocycles. The molecule has 3 rings (SSSR count). The van der Waals surface area contributed by atoms with Crippen molar-refractivity contribution in [1.82, 2.24) is 5.32 Å². The van der Waals surface area contributed by atoms with Gasteiger partial charge in [0, 0.05) is 12.1 Å². The van der Waals surface area contributed by atoms with Crippen LogP contribution in [0.2, 0.25) is 0 Å². The van der Waals surface area contributed by atoms with Gasteiger partial charge in [-0.2, -0.15) is 26.3 Å². The molecule has 1 aliphatic heterocycles. The molecule has 2 nitrogen and oxygen atoms in total. The fourth-order valence-corrected chi connectivity index (χ4v) is 3.83. The lowest BCUT2D eigenvalue weighted by Gasteiger charge is -2.37. The van der Waals surface area contributed by atoms with E-state index < -0.39 is 29.0 Å². The Labute approximate surface area is 141 Å². The summed E-state index contributed by atoms with van der Waals surface area (Å²) in [5.41, 5.74) is -2.94. The number of fused-ring (bicyclic) bond motifs is 1. The third-order valence-electron chi connectivity index (χ3n) is 5.20. The monoisotopic (exact) mass is 364 g/mol. The Morgan fingerprint density at radius 3 is 2.12 bits per heavy atom. The SMILES string of the molecule is CNC1(C2=Nc3cc(C(F)(F)F)cc(C(F)(F)F)c3C2)CCCCC1. The van der Waals surface area contributed by atoms with Crippen LogP contribution in [-0.4, -0.2) is 18.3 Å². The summed E-state index contributed by atoms with van der Waals surface area (Å²) < 4.78 is 78.9. The van der Waals surface area contributed by atoms with Crippen LogP contribution in [0.15, 0.2) is 17.1 Å². The number of hydrogen-bond acceptors (Lipinski definition) is 2. The van der Waals surface area contributed by atoms with Gasteiger partial charge in [0.25, 0.3) is 0 Å². The zero-order valence-electron chi connectivity index (χ0n) is 13.6. The number of nitrogens with zero attached hydrogens (tertiary/aromatic N) is 1. The highest BCUT2D eigenvalue weighted by atomic mass is 19.4. The number of rotatable bonds is 2. The van der Waals surface area contributed by atoms with E-state index in [1.807, 2.05) is 0 Å². The zero-order chi connectivity index (χ0) is 18.5. The van der Waals surface area contributed by atoms with Gasteiger partial charge in [-0.15, -0.1) is 0 Å². The molecule has 1 fully saturated rings. The van der Waals surface area contributed by atoms with E-state index in [-0.39, 0.29) is 23.7 Å². The molecule has 0 bridgehead atoms. The molecule has 0 atom stereocenters. The molecule has 1 aromatic carbocycles. The van der Waals surface area contributed by atoms with E-state index in [1.165, 1.54) is 0 Å². The molecule has 138 valence electrons. The first kappa shape index (κ1) is 18.2. The van der Waals surface area contributed by atoms with Crippen molar-refractivity contribution in [1.29, 1.82) is 0 Å². The van der Waals surface area contributed by atoms with Crippen molar-refractivity contribution in [3.63, 3.8) is 0 Å². The first-order valence-corrected chi connectivity index (χ1v) is 8.15. The third kappa shape index (κ3) is 3.28. The minimum atomic E-state index is -4.85. The van der Waals surface area contributed by atoms with Crippen molar-refractivity contribution in [2.45, 2.75) is 56.4 Å². The summed E-state index contributed by atoms with van der Waals surface area (Å²) in [5.74, 6) is 0. The molecule has 1 aliphatic carbocycles. The molecule has 25 heavy (non-hydrogen) atoms. The standard InChI is InChI=1S/C17H18F6N2/c1-24-15(5-3-2-4-6-15)14-9-11-12(17(21,22)23)7-10(16(18,19)20)8-13(11)25-14/h7-8,24H,2-6,9H2,1H3. The molecule has 0 spiro atoms. The Bertz CT molecular complexity index is 696. The first-order valence-electron chi connectivity index (χ1n) is 8.15. The Balaban J connectivity index is 2.09. The summed E-state index contributed by atoms with van der Waals surface area (Å²) in [6.45, 7) is 0. The summed E-state index contributed by atoms with van der Waals surface area (Å²) in [4.78, 5) is 4.22. The van der Waals surface area contributed by atoms with Gasteiger partial charge in [0.1, 0.15) is 0 Å². The maximum Gasteiger partial charge on any atom is 0.416 e. The highest BCUT2D eigenvalue weighted by molar-refractivity contribution is 6.01. The third-order valence-corrected chi connectivity index (χ3v) is 5.20. The predicted octanol–water partition coefficient (Wildman–Crippen LogP) is 5.28. The van der Waals surface area contributed by atoms with Gasteiger partial charge < -0.3 is 5.32 Å². The lowest BCUT2D eigenvalue weighted by Crippen LogP contribution is -2.51. The molecule has 0 amide bonds. The van der Waals surface area contributed by atoms with E-state index in [4.69, 9.17) is 0 Å². The van der Waals surface area contributed by atoms with E-state index in [0.717, 1.165) is 38.2 Å². The molecule has 0 unspecified atom stereocenters. The minimum absolute atomic E-state index is 0.0663. The molecular formula is C17H18F6N2. The average Bonchev–Trinajstić information content (AvgIpc) is 2.97. The molecule has 1 aromatic rings. The fraction of sp³-hybridized carbons (Fsp3) is 0.588. The summed E-state index contributed by atoms with van der Waals surface area (Å²) in [5, 5.41) is 3.16. The number of aliphatic imine (C=N–C) groups is 1. The first-order chi connectivity index (χ1) is 11.6. The van der Waals surface area contributed by atoms with Gasteiger partial charge in [0.2, 0.25) is 0 Å². The zero-order valence-corrected chi connectivity index (χ0v) is 13.6. The Hall–Kier alpha value is -1.57. The van der Waals surface area contributed by atoms with E-state index in [2.05, 4.69) is 10.3 Å². The molecule has 2 aliphatic rings. The van der Waals surface area contributed by atoms with Crippen LogP contribution < -0.4 is 5.32 Å². The molecule has 0 aromatic heterocycles. The average molecular weight is 364 g/mol. The summed E-state index contributed by atoms with van der Waals surface area (Å²) in [6.07, 6.45) is -5.45. The smallest absolute Gasteiger partial charge is 0.309 e. The largest absolute Gasteiger partial charge is 0.416 e. The highest BCUT2D eigenvalue weighted by Crippen LogP contribution is 2.45. The Kier molecular flexibility index (Phi) is 4.38. The quantitative estimate of drug-likeness (QED) is 0.710. The van der Waals surface area contributed by atoms with Crippen molar-refractivity contribution in [2.75, 3.05) is 7.05 Å². The van der Waals surface area contributed by atoms with Crippen molar-refractivity contribution in [2.24, 2.45) is 4.99 Å². The Morgan fingerprint density at radius 2 is 1.60 bits per heavy atom. The van der Waals surface area contributed by atoms with Gasteiger partial charge in [-0.25, -0.2) is 0 Å². The van der Waals surface area contributed by atoms with Crippen molar-refractivity contribution in [3.05, 3.63) is 28.8 Å². The van der Waals surface area contributed by atoms with E-state index in [0.29, 0.717) is 5.71 Å². The van der Waals surface area contributed by atoms with Crippen LogP contribution >= 0.6 is 0 Å². The van der Waals surface area contributed by atoms with Gasteiger partial charge in [0.15, 0.2) is 0 Å². The van der Waals surface area contributed by atoms with Gasteiger partial charge in [-0.05, 0) is 37.6 Å². The van der Waals surface area contributed by atoms with Crippen molar-refractivity contribution >= 4 is 11.4 Å². The number of nitrogens with one attached hydrogen (secondary N) is 1. The van der Waals surface area contributed by atoms with Crippen LogP contribution in [0.5, 0.6) is 0 Å². The van der Waals surface area contributed by atoms with E-state index in [9.17, 15) is 26.3 Å². The molecular weight excluding hydrogens is 346 g/mol. The highest BCUT2D eigenvalue weighted by Gasteiger charge is 2.44. The summed E-state index contributed by atoms with van der Waals surface area (Å²) in [7, 11) is 1.72. The normalized spacial score (nSPS) is 20.4. The fourth-order valence-electron chi connectivity index (χ4n) is 3.83. The van der Waals surface area contributed by atoms with E-state index >= 15 is 0 Å². The molecule has 0 radical (unpaired) electrons. The van der Waals surface area contributed by atoms with Crippen molar-refractivity contribution < 1.29 is 26.3 Å².